The molecule has 2 aromatic rings. The number of nitrogens with two attached hydrogens (primary N) is 1. The van der Waals surface area contributed by atoms with E-state index in [1.807, 2.05) is 24.3 Å². The molecule has 21 heavy (non-hydrogen) atoms. The molecule has 2 N–H and O–H groups in total. The molecule has 0 heterocycles. The van der Waals surface area contributed by atoms with Crippen LogP contribution in [0.15, 0.2) is 36.4 Å². The number of ether oxygens (including phenoxy) is 1. The Morgan fingerprint density at radius 2 is 2.14 bits per heavy atom. The maximum atomic E-state index is 13.3. The van der Waals surface area contributed by atoms with Crippen LogP contribution in [-0.2, 0) is 13.0 Å². The molecular formula is C17H15FN2O. The largest absolute Gasteiger partial charge is 0.489 e. The van der Waals surface area contributed by atoms with Crippen molar-refractivity contribution in [3.8, 4) is 11.8 Å². The maximum Gasteiger partial charge on any atom is 0.124 e. The first-order chi connectivity index (χ1) is 10.2. The van der Waals surface area contributed by atoms with Gasteiger partial charge in [-0.2, -0.15) is 5.26 Å². The Labute approximate surface area is 122 Å². The quantitative estimate of drug-likeness (QED) is 0.940. The topological polar surface area (TPSA) is 59.0 Å². The molecule has 0 fully saturated rings. The first kappa shape index (κ1) is 13.6. The summed E-state index contributed by atoms with van der Waals surface area (Å²) in [4.78, 5) is 0. The molecule has 0 bridgehead atoms. The normalized spacial score (nSPS) is 16.3. The van der Waals surface area contributed by atoms with Gasteiger partial charge in [-0.3, -0.25) is 0 Å². The van der Waals surface area contributed by atoms with Gasteiger partial charge < -0.3 is 10.5 Å². The van der Waals surface area contributed by atoms with Crippen molar-refractivity contribution in [3.05, 3.63) is 64.5 Å². The van der Waals surface area contributed by atoms with Crippen LogP contribution in [0.3, 0.4) is 0 Å². The molecule has 3 rings (SSSR count). The van der Waals surface area contributed by atoms with Crippen molar-refractivity contribution in [1.29, 1.82) is 5.26 Å². The van der Waals surface area contributed by atoms with E-state index in [4.69, 9.17) is 15.7 Å². The number of hydrogen-bond acceptors (Lipinski definition) is 3. The SMILES string of the molecule is N#Cc1cc(F)cc(COc2ccc3c(c2)CC[C@@H]3N)c1. The lowest BCUT2D eigenvalue weighted by Crippen LogP contribution is -2.05. The van der Waals surface area contributed by atoms with Gasteiger partial charge in [0.2, 0.25) is 0 Å². The first-order valence-electron chi connectivity index (χ1n) is 6.86. The summed E-state index contributed by atoms with van der Waals surface area (Å²) < 4.78 is 19.0. The van der Waals surface area contributed by atoms with Crippen LogP contribution in [0.2, 0.25) is 0 Å². The highest BCUT2D eigenvalue weighted by atomic mass is 19.1. The molecule has 2 aromatic carbocycles. The minimum Gasteiger partial charge on any atom is -0.489 e. The predicted molar refractivity (Wildman–Crippen MR) is 77.1 cm³/mol. The van der Waals surface area contributed by atoms with E-state index < -0.39 is 5.82 Å². The van der Waals surface area contributed by atoms with Crippen molar-refractivity contribution in [2.75, 3.05) is 0 Å². The average Bonchev–Trinajstić information content (AvgIpc) is 2.85. The Morgan fingerprint density at radius 1 is 1.29 bits per heavy atom. The van der Waals surface area contributed by atoms with Crippen molar-refractivity contribution in [2.45, 2.75) is 25.5 Å². The van der Waals surface area contributed by atoms with Crippen LogP contribution in [0.1, 0.15) is 34.7 Å². The standard InChI is InChI=1S/C17H15FN2O/c18-14-6-11(9-19)5-12(7-14)10-21-15-2-3-16-13(8-15)1-4-17(16)20/h2-3,5-8,17H,1,4,10,20H2/t17-/m0/s1. The number of fused-ring (bicyclic) bond motifs is 1. The van der Waals surface area contributed by atoms with E-state index in [0.717, 1.165) is 18.6 Å². The monoisotopic (exact) mass is 282 g/mol. The third-order valence-corrected chi connectivity index (χ3v) is 3.73. The Hall–Kier alpha value is -2.38. The zero-order valence-electron chi connectivity index (χ0n) is 11.5. The van der Waals surface area contributed by atoms with E-state index in [-0.39, 0.29) is 12.6 Å². The summed E-state index contributed by atoms with van der Waals surface area (Å²) in [6.45, 7) is 0.233. The summed E-state index contributed by atoms with van der Waals surface area (Å²) in [6, 6.07) is 12.1. The van der Waals surface area contributed by atoms with Crippen molar-refractivity contribution in [3.63, 3.8) is 0 Å². The molecule has 0 amide bonds. The fourth-order valence-corrected chi connectivity index (χ4v) is 2.68. The van der Waals surface area contributed by atoms with Crippen molar-refractivity contribution in [1.82, 2.24) is 0 Å². The van der Waals surface area contributed by atoms with Gasteiger partial charge >= 0.3 is 0 Å². The number of nitrogens with zero attached hydrogens (tertiary/aromatic N) is 1. The number of nitriles is 1. The smallest absolute Gasteiger partial charge is 0.124 e. The van der Waals surface area contributed by atoms with E-state index in [0.29, 0.717) is 11.1 Å². The summed E-state index contributed by atoms with van der Waals surface area (Å²) in [7, 11) is 0. The fraction of sp³-hybridized carbons (Fsp3) is 0.235. The molecule has 1 atom stereocenters. The van der Waals surface area contributed by atoms with Gasteiger partial charge in [-0.1, -0.05) is 6.07 Å². The molecular weight excluding hydrogens is 267 g/mol. The van der Waals surface area contributed by atoms with Crippen molar-refractivity contribution < 1.29 is 9.13 Å². The second-order valence-corrected chi connectivity index (χ2v) is 5.25. The van der Waals surface area contributed by atoms with Gasteiger partial charge in [-0.05, 0) is 59.9 Å². The molecule has 1 aliphatic carbocycles. The minimum atomic E-state index is -0.424. The van der Waals surface area contributed by atoms with Crippen molar-refractivity contribution >= 4 is 0 Å². The molecule has 0 saturated heterocycles. The van der Waals surface area contributed by atoms with E-state index in [9.17, 15) is 4.39 Å². The lowest BCUT2D eigenvalue weighted by Gasteiger charge is -2.10. The van der Waals surface area contributed by atoms with E-state index in [1.54, 1.807) is 6.07 Å². The lowest BCUT2D eigenvalue weighted by atomic mass is 10.1. The predicted octanol–water partition coefficient (Wildman–Crippen LogP) is 3.22. The summed E-state index contributed by atoms with van der Waals surface area (Å²) in [6.07, 6.45) is 1.93. The van der Waals surface area contributed by atoms with Crippen LogP contribution < -0.4 is 10.5 Å². The van der Waals surface area contributed by atoms with E-state index in [2.05, 4.69) is 0 Å². The van der Waals surface area contributed by atoms with Gasteiger partial charge in [-0.15, -0.1) is 0 Å². The highest BCUT2D eigenvalue weighted by Gasteiger charge is 2.19. The number of hydrogen-bond donors (Lipinski definition) is 1. The Balaban J connectivity index is 1.74. The minimum absolute atomic E-state index is 0.121. The van der Waals surface area contributed by atoms with Crippen LogP contribution in [0, 0.1) is 17.1 Å². The highest BCUT2D eigenvalue weighted by molar-refractivity contribution is 5.40. The number of halogens is 1. The molecule has 0 unspecified atom stereocenters. The van der Waals surface area contributed by atoms with Gasteiger partial charge in [0.25, 0.3) is 0 Å². The fourth-order valence-electron chi connectivity index (χ4n) is 2.68. The van der Waals surface area contributed by atoms with Gasteiger partial charge in [0.05, 0.1) is 11.6 Å². The molecule has 4 heteroatoms. The summed E-state index contributed by atoms with van der Waals surface area (Å²) >= 11 is 0. The van der Waals surface area contributed by atoms with Gasteiger partial charge in [0.1, 0.15) is 18.2 Å². The number of aryl methyl sites for hydroxylation is 1. The van der Waals surface area contributed by atoms with Crippen LogP contribution in [0.25, 0.3) is 0 Å². The summed E-state index contributed by atoms with van der Waals surface area (Å²) in [5, 5.41) is 8.83. The summed E-state index contributed by atoms with van der Waals surface area (Å²) in [5.74, 6) is 0.318. The Bertz CT molecular complexity index is 721. The van der Waals surface area contributed by atoms with Crippen LogP contribution in [-0.4, -0.2) is 0 Å². The summed E-state index contributed by atoms with van der Waals surface area (Å²) in [5.41, 5.74) is 9.34. The van der Waals surface area contributed by atoms with Gasteiger partial charge in [0.15, 0.2) is 0 Å². The molecule has 0 spiro atoms. The number of benzene rings is 2. The Kier molecular flexibility index (Phi) is 3.59. The molecule has 0 radical (unpaired) electrons. The highest BCUT2D eigenvalue weighted by Crippen LogP contribution is 2.32. The van der Waals surface area contributed by atoms with Gasteiger partial charge in [-0.25, -0.2) is 4.39 Å². The molecule has 3 nitrogen and oxygen atoms in total. The second-order valence-electron chi connectivity index (χ2n) is 5.25. The first-order valence-corrected chi connectivity index (χ1v) is 6.86. The zero-order chi connectivity index (χ0) is 14.8. The molecule has 1 aliphatic rings. The van der Waals surface area contributed by atoms with Crippen molar-refractivity contribution in [2.24, 2.45) is 5.73 Å². The zero-order valence-corrected chi connectivity index (χ0v) is 11.5. The van der Waals surface area contributed by atoms with E-state index >= 15 is 0 Å². The van der Waals surface area contributed by atoms with Crippen LogP contribution in [0.4, 0.5) is 4.39 Å². The van der Waals surface area contributed by atoms with Crippen LogP contribution >= 0.6 is 0 Å². The molecule has 0 aromatic heterocycles. The Morgan fingerprint density at radius 3 is 2.95 bits per heavy atom. The average molecular weight is 282 g/mol. The third kappa shape index (κ3) is 2.88. The van der Waals surface area contributed by atoms with E-state index in [1.165, 1.54) is 23.3 Å². The lowest BCUT2D eigenvalue weighted by molar-refractivity contribution is 0.305. The third-order valence-electron chi connectivity index (χ3n) is 3.73. The molecule has 0 aliphatic heterocycles. The number of rotatable bonds is 3. The molecule has 106 valence electrons. The van der Waals surface area contributed by atoms with Gasteiger partial charge in [0, 0.05) is 6.04 Å². The maximum absolute atomic E-state index is 13.3. The van der Waals surface area contributed by atoms with Crippen LogP contribution in [0.5, 0.6) is 5.75 Å². The second kappa shape index (κ2) is 5.55. The molecule has 0 saturated carbocycles.